The first-order valence-electron chi connectivity index (χ1n) is 23.2. The van der Waals surface area contributed by atoms with Crippen LogP contribution in [0.4, 0.5) is 17.1 Å². The van der Waals surface area contributed by atoms with Gasteiger partial charge in [-0.2, -0.15) is 0 Å². The van der Waals surface area contributed by atoms with Crippen LogP contribution in [0.25, 0.3) is 21.2 Å². The quantitative estimate of drug-likeness (QED) is 0.0436. The largest absolute Gasteiger partial charge is 0.483 e. The highest BCUT2D eigenvalue weighted by atomic mass is 35.5. The average molecular weight is 976 g/mol. The van der Waals surface area contributed by atoms with Crippen LogP contribution < -0.4 is 25.0 Å². The van der Waals surface area contributed by atoms with Gasteiger partial charge in [0.05, 0.1) is 10.6 Å². The van der Waals surface area contributed by atoms with Crippen LogP contribution >= 0.6 is 34.9 Å². The number of ether oxygens (including phenoxy) is 2. The van der Waals surface area contributed by atoms with E-state index < -0.39 is 6.04 Å². The van der Waals surface area contributed by atoms with E-state index in [0.717, 1.165) is 108 Å². The summed E-state index contributed by atoms with van der Waals surface area (Å²) in [6, 6.07) is 23.8. The lowest BCUT2D eigenvalue weighted by molar-refractivity contribution is -0.122. The fraction of sp³-hybridized carbons (Fsp3) is 0.385. The average Bonchev–Trinajstić information content (AvgIpc) is 3.84. The van der Waals surface area contributed by atoms with Crippen molar-refractivity contribution >= 4 is 100 Å². The minimum atomic E-state index is -0.766. The second kappa shape index (κ2) is 20.6. The highest BCUT2D eigenvalue weighted by molar-refractivity contribution is 7.96. The third-order valence-corrected chi connectivity index (χ3v) is 17.2. The Labute approximate surface area is 409 Å². The summed E-state index contributed by atoms with van der Waals surface area (Å²) in [6.45, 7) is 9.19. The molecule has 2 N–H and O–H groups in total. The molecule has 16 heteroatoms. The van der Waals surface area contributed by atoms with E-state index >= 15 is 0 Å². The first-order valence-corrected chi connectivity index (χ1v) is 25.3. The van der Waals surface area contributed by atoms with E-state index in [4.69, 9.17) is 21.1 Å². The number of hydrogen-bond donors (Lipinski definition) is 2. The molecule has 3 saturated heterocycles. The number of aliphatic imine (C=N–C) groups is 1. The second-order valence-electron chi connectivity index (χ2n) is 18.3. The Morgan fingerprint density at radius 1 is 1.04 bits per heavy atom. The summed E-state index contributed by atoms with van der Waals surface area (Å²) in [6.07, 6.45) is 7.72. The molecule has 1 saturated carbocycles. The van der Waals surface area contributed by atoms with Crippen molar-refractivity contribution in [2.24, 2.45) is 10.9 Å². The van der Waals surface area contributed by atoms with E-state index in [0.29, 0.717) is 58.4 Å². The van der Waals surface area contributed by atoms with E-state index in [-0.39, 0.29) is 42.6 Å². The predicted molar refractivity (Wildman–Crippen MR) is 271 cm³/mol. The highest BCUT2D eigenvalue weighted by Crippen LogP contribution is 2.49. The summed E-state index contributed by atoms with van der Waals surface area (Å²) in [5.41, 5.74) is 6.31. The molecule has 5 heterocycles. The van der Waals surface area contributed by atoms with Crippen molar-refractivity contribution in [1.82, 2.24) is 14.5 Å². The summed E-state index contributed by atoms with van der Waals surface area (Å²) >= 11 is 9.80. The Balaban J connectivity index is 0.781. The molecule has 5 aromatic rings. The molecule has 4 fully saturated rings. The molecule has 4 unspecified atom stereocenters. The van der Waals surface area contributed by atoms with Crippen molar-refractivity contribution in [2.75, 3.05) is 50.2 Å². The topological polar surface area (TPSA) is 150 Å². The van der Waals surface area contributed by atoms with Gasteiger partial charge in [-0.25, -0.2) is 4.31 Å². The van der Waals surface area contributed by atoms with Gasteiger partial charge in [0.2, 0.25) is 5.91 Å². The van der Waals surface area contributed by atoms with Gasteiger partial charge in [0.25, 0.3) is 5.91 Å². The molecule has 10 rings (SSSR count). The van der Waals surface area contributed by atoms with Gasteiger partial charge in [0.15, 0.2) is 18.3 Å². The number of carbonyl (C=O) groups excluding carboxylic acids is 5. The third-order valence-electron chi connectivity index (χ3n) is 14.2. The number of fused-ring (bicyclic) bond motifs is 3. The Bertz CT molecular complexity index is 2760. The van der Waals surface area contributed by atoms with Gasteiger partial charge in [-0.1, -0.05) is 59.9 Å². The number of benzene rings is 4. The second-order valence-corrected chi connectivity index (χ2v) is 20.7. The van der Waals surface area contributed by atoms with Crippen molar-refractivity contribution in [3.8, 4) is 21.9 Å². The number of nitrogens with zero attached hydrogens (tertiary/aromatic N) is 4. The molecule has 68 heavy (non-hydrogen) atoms. The Morgan fingerprint density at radius 3 is 2.62 bits per heavy atom. The van der Waals surface area contributed by atoms with E-state index in [1.54, 1.807) is 11.9 Å². The maximum Gasteiger partial charge on any atom is 0.259 e. The van der Waals surface area contributed by atoms with Crippen LogP contribution in [0.5, 0.6) is 11.5 Å². The molecule has 2 amide bonds. The van der Waals surface area contributed by atoms with E-state index in [1.807, 2.05) is 48.3 Å². The van der Waals surface area contributed by atoms with Gasteiger partial charge >= 0.3 is 0 Å². The normalized spacial score (nSPS) is 20.9. The molecule has 1 aliphatic carbocycles. The summed E-state index contributed by atoms with van der Waals surface area (Å²) in [5, 5.41) is 8.77. The zero-order valence-corrected chi connectivity index (χ0v) is 40.6. The van der Waals surface area contributed by atoms with E-state index in [1.165, 1.54) is 16.9 Å². The van der Waals surface area contributed by atoms with Crippen molar-refractivity contribution in [1.29, 1.82) is 0 Å². The predicted octanol–water partition coefficient (Wildman–Crippen LogP) is 9.72. The zero-order chi connectivity index (χ0) is 47.5. The molecule has 5 aliphatic rings. The summed E-state index contributed by atoms with van der Waals surface area (Å²) in [5.74, 6) is 2.04. The number of rotatable bonds is 20. The van der Waals surface area contributed by atoms with Crippen LogP contribution in [0.3, 0.4) is 0 Å². The number of anilines is 2. The summed E-state index contributed by atoms with van der Waals surface area (Å²) < 4.78 is 14.4. The van der Waals surface area contributed by atoms with Gasteiger partial charge < -0.3 is 24.9 Å². The highest BCUT2D eigenvalue weighted by Gasteiger charge is 2.48. The number of amides is 2. The number of piperidine rings is 3. The molecule has 4 atom stereocenters. The molecule has 0 spiro atoms. The lowest BCUT2D eigenvalue weighted by Crippen LogP contribution is -2.60. The monoisotopic (exact) mass is 974 g/mol. The van der Waals surface area contributed by atoms with Crippen LogP contribution in [-0.2, 0) is 20.1 Å². The first kappa shape index (κ1) is 47.5. The number of nitrogens with one attached hydrogen (secondary N) is 2. The van der Waals surface area contributed by atoms with Crippen molar-refractivity contribution < 1.29 is 33.4 Å². The van der Waals surface area contributed by atoms with E-state index in [2.05, 4.69) is 74.9 Å². The third kappa shape index (κ3) is 9.30. The van der Waals surface area contributed by atoms with Crippen LogP contribution in [0.15, 0.2) is 77.8 Å². The summed E-state index contributed by atoms with van der Waals surface area (Å²) in [7, 11) is 1.55. The molecule has 13 nitrogen and oxygen atoms in total. The number of likely N-dealkylation sites (tertiary alicyclic amines) is 1. The van der Waals surface area contributed by atoms with Gasteiger partial charge in [-0.15, -0.1) is 11.3 Å². The Hall–Kier alpha value is -5.58. The Morgan fingerprint density at radius 2 is 1.87 bits per heavy atom. The van der Waals surface area contributed by atoms with Crippen LogP contribution in [0.1, 0.15) is 88.9 Å². The molecule has 0 radical (unpaired) electrons. The minimum absolute atomic E-state index is 0.0235. The molecule has 354 valence electrons. The number of hydrogen-bond acceptors (Lipinski definition) is 13. The van der Waals surface area contributed by atoms with Crippen molar-refractivity contribution in [2.45, 2.75) is 81.2 Å². The van der Waals surface area contributed by atoms with Crippen LogP contribution in [-0.4, -0.2) is 104 Å². The maximum absolute atomic E-state index is 13.8. The smallest absolute Gasteiger partial charge is 0.259 e. The lowest BCUT2D eigenvalue weighted by Gasteiger charge is -2.55. The molecule has 4 aromatic carbocycles. The summed E-state index contributed by atoms with van der Waals surface area (Å²) in [4.78, 5) is 69.9. The number of halogens is 1. The zero-order valence-electron chi connectivity index (χ0n) is 38.2. The number of carbonyl (C=O) groups is 5. The SMILES string of the molecule is C=Nc1cc(CSN2CC3CCC2(C)CC3Nc2cccc(-c3sc(C=O)c(OCC=O)c3Cl)c2)ccc1OCN1CCC(c2ccc3c4c(cccc24)C(=O)N3C(CCC=O)C(=O)NC)CC1. The molecule has 4 aliphatic heterocycles. The fourth-order valence-corrected chi connectivity index (χ4v) is 13.3. The first-order chi connectivity index (χ1) is 33.1. The van der Waals surface area contributed by atoms with Gasteiger partial charge in [0.1, 0.15) is 47.0 Å². The Kier molecular flexibility index (Phi) is 14.4. The molecular formula is C52H55ClN6O7S2. The molecule has 1 aromatic heterocycles. The molecule has 2 bridgehead atoms. The number of likely N-dealkylation sites (N-methyl/N-ethyl adjacent to an activating group) is 1. The maximum atomic E-state index is 13.8. The number of aldehydes is 3. The number of thiophene rings is 1. The lowest BCUT2D eigenvalue weighted by atomic mass is 9.70. The van der Waals surface area contributed by atoms with Gasteiger partial charge in [-0.05, 0) is 122 Å². The molecular weight excluding hydrogens is 920 g/mol. The van der Waals surface area contributed by atoms with E-state index in [9.17, 15) is 24.0 Å². The van der Waals surface area contributed by atoms with Crippen LogP contribution in [0, 0.1) is 5.92 Å². The van der Waals surface area contributed by atoms with Crippen molar-refractivity contribution in [3.63, 3.8) is 0 Å². The minimum Gasteiger partial charge on any atom is -0.483 e. The van der Waals surface area contributed by atoms with Crippen LogP contribution in [0.2, 0.25) is 5.02 Å². The van der Waals surface area contributed by atoms with Gasteiger partial charge in [-0.3, -0.25) is 34.0 Å². The standard InChI is InChI=1S/C52H55ClN6O7S2/c1-52-19-16-35(41(27-52)56-36-8-4-7-34(26-36)49-47(53)48(65-24-23-61)45(29-62)68-49)28-58(52)67-30-32-12-15-44(40(25-32)54-2)66-31-57-20-17-33(18-21-57)37-13-14-42-46-38(37)9-5-10-39(46)51(64)59(42)43(11-6-22-60)50(63)55-3/h4-5,7-10,12-15,22-23,25-26,29,33,35,41,43,56H,2,6,11,16-21,24,27-28,30-31H2,1,3H3,(H,55,63). The van der Waals surface area contributed by atoms with Crippen molar-refractivity contribution in [3.05, 3.63) is 99.4 Å². The van der Waals surface area contributed by atoms with Gasteiger partial charge in [0, 0.05) is 67.1 Å². The fourth-order valence-electron chi connectivity index (χ4n) is 10.6.